The predicted octanol–water partition coefficient (Wildman–Crippen LogP) is 2.76. The van der Waals surface area contributed by atoms with Crippen LogP contribution in [0.15, 0.2) is 52.3 Å². The van der Waals surface area contributed by atoms with Crippen molar-refractivity contribution >= 4 is 27.1 Å². The normalized spacial score (nSPS) is 11.3. The number of methoxy groups -OCH3 is 1. The van der Waals surface area contributed by atoms with Gasteiger partial charge in [0.1, 0.15) is 5.75 Å². The van der Waals surface area contributed by atoms with Gasteiger partial charge in [0.25, 0.3) is 0 Å². The molecule has 2 N–H and O–H groups in total. The summed E-state index contributed by atoms with van der Waals surface area (Å²) in [5.74, 6) is 0.313. The number of ether oxygens (including phenoxy) is 1. The molecule has 2 aromatic rings. The van der Waals surface area contributed by atoms with Gasteiger partial charge in [0.2, 0.25) is 9.84 Å². The van der Waals surface area contributed by atoms with Crippen LogP contribution in [0, 0.1) is 0 Å². The van der Waals surface area contributed by atoms with Gasteiger partial charge < -0.3 is 10.5 Å². The van der Waals surface area contributed by atoms with E-state index in [9.17, 15) is 8.42 Å². The van der Waals surface area contributed by atoms with E-state index in [0.29, 0.717) is 11.4 Å². The zero-order valence-corrected chi connectivity index (χ0v) is 11.7. The first-order valence-electron chi connectivity index (χ1n) is 5.40. The second-order valence-electron chi connectivity index (χ2n) is 3.84. The van der Waals surface area contributed by atoms with Crippen LogP contribution in [0.1, 0.15) is 0 Å². The number of rotatable bonds is 3. The van der Waals surface area contributed by atoms with Gasteiger partial charge in [0.15, 0.2) is 0 Å². The van der Waals surface area contributed by atoms with Gasteiger partial charge in [0, 0.05) is 6.07 Å². The summed E-state index contributed by atoms with van der Waals surface area (Å²) in [6.45, 7) is 0. The van der Waals surface area contributed by atoms with Crippen molar-refractivity contribution in [2.75, 3.05) is 12.8 Å². The highest BCUT2D eigenvalue weighted by Crippen LogP contribution is 2.31. The van der Waals surface area contributed by atoms with Gasteiger partial charge in [-0.3, -0.25) is 0 Å². The van der Waals surface area contributed by atoms with E-state index in [1.165, 1.54) is 37.4 Å². The van der Waals surface area contributed by atoms with Crippen LogP contribution in [-0.2, 0) is 9.84 Å². The number of nitrogen functional groups attached to an aromatic ring is 1. The Hall–Kier alpha value is -1.72. The molecule has 0 aromatic heterocycles. The minimum atomic E-state index is -3.69. The lowest BCUT2D eigenvalue weighted by molar-refractivity contribution is 0.415. The van der Waals surface area contributed by atoms with Gasteiger partial charge in [-0.15, -0.1) is 0 Å². The maximum Gasteiger partial charge on any atom is 0.208 e. The molecule has 0 bridgehead atoms. The minimum Gasteiger partial charge on any atom is -0.495 e. The lowest BCUT2D eigenvalue weighted by Crippen LogP contribution is -2.04. The first kappa shape index (κ1) is 13.7. The number of hydrogen-bond donors (Lipinski definition) is 1. The summed E-state index contributed by atoms with van der Waals surface area (Å²) in [4.78, 5) is 0.148. The Morgan fingerprint density at radius 1 is 1.16 bits per heavy atom. The number of anilines is 1. The molecule has 2 aromatic carbocycles. The monoisotopic (exact) mass is 297 g/mol. The van der Waals surface area contributed by atoms with E-state index in [-0.39, 0.29) is 14.8 Å². The van der Waals surface area contributed by atoms with Gasteiger partial charge in [-0.05, 0) is 24.3 Å². The molecule has 0 radical (unpaired) electrons. The molecule has 0 aliphatic rings. The highest BCUT2D eigenvalue weighted by Gasteiger charge is 2.21. The molecule has 0 saturated heterocycles. The summed E-state index contributed by atoms with van der Waals surface area (Å²) in [7, 11) is -2.26. The zero-order chi connectivity index (χ0) is 14.0. The molecule has 0 unspecified atom stereocenters. The fourth-order valence-electron chi connectivity index (χ4n) is 1.65. The molecule has 0 amide bonds. The van der Waals surface area contributed by atoms with Crippen molar-refractivity contribution in [3.8, 4) is 5.75 Å². The lowest BCUT2D eigenvalue weighted by atomic mass is 10.3. The topological polar surface area (TPSA) is 69.4 Å². The minimum absolute atomic E-state index is 0.0588. The molecule has 2 rings (SSSR count). The number of benzene rings is 2. The number of halogens is 1. The molecule has 0 aliphatic heterocycles. The van der Waals surface area contributed by atoms with Gasteiger partial charge in [-0.2, -0.15) is 0 Å². The summed E-state index contributed by atoms with van der Waals surface area (Å²) >= 11 is 5.93. The largest absolute Gasteiger partial charge is 0.495 e. The average molecular weight is 298 g/mol. The van der Waals surface area contributed by atoms with Crippen LogP contribution in [0.3, 0.4) is 0 Å². The second-order valence-corrected chi connectivity index (χ2v) is 6.16. The van der Waals surface area contributed by atoms with Crippen molar-refractivity contribution in [2.45, 2.75) is 9.79 Å². The summed E-state index contributed by atoms with van der Waals surface area (Å²) in [6.07, 6.45) is 0. The standard InChI is InChI=1S/C13H12ClNO3S/c1-18-12-8-9(6-7-11(12)15)19(16,17)13-5-3-2-4-10(13)14/h2-8H,15H2,1H3. The summed E-state index contributed by atoms with van der Waals surface area (Å²) < 4.78 is 29.9. The smallest absolute Gasteiger partial charge is 0.208 e. The van der Waals surface area contributed by atoms with E-state index in [4.69, 9.17) is 22.1 Å². The average Bonchev–Trinajstić information content (AvgIpc) is 2.39. The summed E-state index contributed by atoms with van der Waals surface area (Å²) in [5, 5.41) is 0.179. The van der Waals surface area contributed by atoms with Crippen molar-refractivity contribution in [3.63, 3.8) is 0 Å². The number of hydrogen-bond acceptors (Lipinski definition) is 4. The molecule has 0 aliphatic carbocycles. The second kappa shape index (κ2) is 5.11. The summed E-state index contributed by atoms with van der Waals surface area (Å²) in [5.41, 5.74) is 6.04. The molecule has 0 atom stereocenters. The zero-order valence-electron chi connectivity index (χ0n) is 10.1. The molecule has 100 valence electrons. The van der Waals surface area contributed by atoms with Crippen LogP contribution >= 0.6 is 11.6 Å². The first-order valence-corrected chi connectivity index (χ1v) is 7.26. The Kier molecular flexibility index (Phi) is 3.68. The van der Waals surface area contributed by atoms with Crippen molar-refractivity contribution in [1.29, 1.82) is 0 Å². The van der Waals surface area contributed by atoms with Crippen LogP contribution in [-0.4, -0.2) is 15.5 Å². The van der Waals surface area contributed by atoms with Crippen molar-refractivity contribution in [1.82, 2.24) is 0 Å². The Labute approximate surface area is 116 Å². The van der Waals surface area contributed by atoms with Gasteiger partial charge in [-0.25, -0.2) is 8.42 Å². The molecular weight excluding hydrogens is 286 g/mol. The van der Waals surface area contributed by atoms with Crippen molar-refractivity contribution in [2.24, 2.45) is 0 Å². The third kappa shape index (κ3) is 2.52. The van der Waals surface area contributed by atoms with E-state index >= 15 is 0 Å². The van der Waals surface area contributed by atoms with E-state index in [1.54, 1.807) is 12.1 Å². The van der Waals surface area contributed by atoms with E-state index in [1.807, 2.05) is 0 Å². The van der Waals surface area contributed by atoms with Crippen molar-refractivity contribution < 1.29 is 13.2 Å². The Morgan fingerprint density at radius 2 is 1.84 bits per heavy atom. The van der Waals surface area contributed by atoms with Crippen LogP contribution in [0.5, 0.6) is 5.75 Å². The molecule has 0 heterocycles. The van der Waals surface area contributed by atoms with Crippen molar-refractivity contribution in [3.05, 3.63) is 47.5 Å². The highest BCUT2D eigenvalue weighted by molar-refractivity contribution is 7.91. The van der Waals surface area contributed by atoms with Crippen LogP contribution < -0.4 is 10.5 Å². The quantitative estimate of drug-likeness (QED) is 0.885. The molecule has 0 spiro atoms. The third-order valence-electron chi connectivity index (χ3n) is 2.64. The van der Waals surface area contributed by atoms with Crippen LogP contribution in [0.25, 0.3) is 0 Å². The highest BCUT2D eigenvalue weighted by atomic mass is 35.5. The van der Waals surface area contributed by atoms with E-state index in [2.05, 4.69) is 0 Å². The SMILES string of the molecule is COc1cc(S(=O)(=O)c2ccccc2Cl)ccc1N. The predicted molar refractivity (Wildman–Crippen MR) is 74.3 cm³/mol. The Morgan fingerprint density at radius 3 is 2.47 bits per heavy atom. The van der Waals surface area contributed by atoms with Crippen LogP contribution in [0.2, 0.25) is 5.02 Å². The molecule has 6 heteroatoms. The maximum absolute atomic E-state index is 12.5. The maximum atomic E-state index is 12.5. The summed E-state index contributed by atoms with van der Waals surface area (Å²) in [6, 6.07) is 10.6. The fourth-order valence-corrected chi connectivity index (χ4v) is 3.43. The van der Waals surface area contributed by atoms with E-state index < -0.39 is 9.84 Å². The molecule has 4 nitrogen and oxygen atoms in total. The lowest BCUT2D eigenvalue weighted by Gasteiger charge is -2.09. The number of sulfone groups is 1. The molecule has 0 fully saturated rings. The Balaban J connectivity index is 2.61. The molecule has 0 saturated carbocycles. The number of nitrogens with two attached hydrogens (primary N) is 1. The van der Waals surface area contributed by atoms with Gasteiger partial charge >= 0.3 is 0 Å². The molecular formula is C13H12ClNO3S. The Bertz CT molecular complexity index is 714. The molecule has 19 heavy (non-hydrogen) atoms. The first-order chi connectivity index (χ1) is 8.96. The fraction of sp³-hybridized carbons (Fsp3) is 0.0769. The third-order valence-corrected chi connectivity index (χ3v) is 4.89. The van der Waals surface area contributed by atoms with Gasteiger partial charge in [0.05, 0.1) is 27.6 Å². The van der Waals surface area contributed by atoms with Gasteiger partial charge in [-0.1, -0.05) is 23.7 Å². The van der Waals surface area contributed by atoms with E-state index in [0.717, 1.165) is 0 Å². The van der Waals surface area contributed by atoms with Crippen LogP contribution in [0.4, 0.5) is 5.69 Å².